The maximum absolute atomic E-state index is 12.3. The largest absolute Gasteiger partial charge is 0.398 e. The molecule has 3 aromatic rings. The molecule has 0 spiro atoms. The number of benzene rings is 2. The Labute approximate surface area is 164 Å². The molecular weight excluding hydrogens is 386 g/mol. The van der Waals surface area contributed by atoms with Crippen molar-refractivity contribution in [3.63, 3.8) is 0 Å². The number of halogens is 1. The van der Waals surface area contributed by atoms with E-state index < -0.39 is 5.56 Å². The Morgan fingerprint density at radius 2 is 2.04 bits per heavy atom. The van der Waals surface area contributed by atoms with Gasteiger partial charge in [0.25, 0.3) is 5.56 Å². The van der Waals surface area contributed by atoms with Crippen LogP contribution in [0.2, 0.25) is 5.02 Å². The molecule has 0 saturated carbocycles. The topological polar surface area (TPSA) is 114 Å². The number of nitrogen functional groups attached to an aromatic ring is 1. The van der Waals surface area contributed by atoms with Gasteiger partial charge < -0.3 is 11.1 Å². The van der Waals surface area contributed by atoms with E-state index in [0.29, 0.717) is 22.0 Å². The molecule has 0 radical (unpaired) electrons. The van der Waals surface area contributed by atoms with E-state index in [1.807, 2.05) is 13.0 Å². The van der Waals surface area contributed by atoms with Gasteiger partial charge in [0.1, 0.15) is 0 Å². The fourth-order valence-electron chi connectivity index (χ4n) is 2.28. The third-order valence-corrected chi connectivity index (χ3v) is 4.96. The zero-order valence-electron chi connectivity index (χ0n) is 14.3. The van der Waals surface area contributed by atoms with Gasteiger partial charge in [0, 0.05) is 22.0 Å². The predicted molar refractivity (Wildman–Crippen MR) is 108 cm³/mol. The van der Waals surface area contributed by atoms with Crippen LogP contribution in [-0.4, -0.2) is 26.8 Å². The van der Waals surface area contributed by atoms with Gasteiger partial charge in [-0.15, -0.1) is 10.2 Å². The van der Waals surface area contributed by atoms with Crippen LogP contribution in [-0.2, 0) is 4.79 Å². The van der Waals surface area contributed by atoms with Gasteiger partial charge in [-0.05, 0) is 30.7 Å². The molecule has 0 bridgehead atoms. The van der Waals surface area contributed by atoms with Crippen LogP contribution < -0.4 is 16.6 Å². The minimum Gasteiger partial charge on any atom is -0.398 e. The lowest BCUT2D eigenvalue weighted by Gasteiger charge is -2.07. The number of H-pyrrole nitrogens is 1. The van der Waals surface area contributed by atoms with Gasteiger partial charge in [0.15, 0.2) is 10.9 Å². The van der Waals surface area contributed by atoms with Gasteiger partial charge in [-0.2, -0.15) is 0 Å². The maximum atomic E-state index is 12.3. The van der Waals surface area contributed by atoms with Crippen LogP contribution in [0, 0.1) is 6.92 Å². The van der Waals surface area contributed by atoms with Crippen molar-refractivity contribution in [3.05, 3.63) is 63.4 Å². The molecule has 0 aliphatic heterocycles. The molecule has 9 heteroatoms. The Hall–Kier alpha value is -2.84. The number of nitrogens with two attached hydrogens (primary N) is 1. The molecule has 27 heavy (non-hydrogen) atoms. The Balaban J connectivity index is 1.65. The summed E-state index contributed by atoms with van der Waals surface area (Å²) in [6.07, 6.45) is 0. The summed E-state index contributed by atoms with van der Waals surface area (Å²) in [6.45, 7) is 1.88. The summed E-state index contributed by atoms with van der Waals surface area (Å²) in [5.74, 6) is -0.193. The van der Waals surface area contributed by atoms with Gasteiger partial charge in [0.05, 0.1) is 5.75 Å². The number of aromatic amines is 1. The number of carbonyl (C=O) groups is 1. The van der Waals surface area contributed by atoms with Crippen LogP contribution in [0.4, 0.5) is 11.4 Å². The summed E-state index contributed by atoms with van der Waals surface area (Å²) in [4.78, 5) is 26.9. The molecule has 2 aromatic carbocycles. The lowest BCUT2D eigenvalue weighted by molar-refractivity contribution is -0.113. The van der Waals surface area contributed by atoms with E-state index in [-0.39, 0.29) is 22.5 Å². The maximum Gasteiger partial charge on any atom is 0.278 e. The van der Waals surface area contributed by atoms with Crippen molar-refractivity contribution in [2.45, 2.75) is 12.1 Å². The van der Waals surface area contributed by atoms with Gasteiger partial charge in [0.2, 0.25) is 5.91 Å². The second kappa shape index (κ2) is 8.24. The standard InChI is InChI=1S/C18H16ClN5O2S/c1-10-6-7-11(8-13(10)19)21-15(25)9-27-18-22-17(26)16(23-24-18)12-4-2-3-5-14(12)20/h2-8H,9,20H2,1H3,(H,21,25)(H,22,24,26). The van der Waals surface area contributed by atoms with Crippen LogP contribution in [0.15, 0.2) is 52.4 Å². The van der Waals surface area contributed by atoms with Gasteiger partial charge in [-0.25, -0.2) is 0 Å². The van der Waals surface area contributed by atoms with E-state index in [0.717, 1.165) is 17.3 Å². The summed E-state index contributed by atoms with van der Waals surface area (Å²) in [5, 5.41) is 11.5. The van der Waals surface area contributed by atoms with Crippen LogP contribution in [0.5, 0.6) is 0 Å². The van der Waals surface area contributed by atoms with E-state index in [1.54, 1.807) is 36.4 Å². The number of nitrogens with one attached hydrogen (secondary N) is 2. The first-order valence-electron chi connectivity index (χ1n) is 7.94. The number of amides is 1. The Bertz CT molecular complexity index is 1050. The highest BCUT2D eigenvalue weighted by atomic mass is 35.5. The first-order valence-corrected chi connectivity index (χ1v) is 9.31. The lowest BCUT2D eigenvalue weighted by atomic mass is 10.1. The minimum atomic E-state index is -0.420. The average molecular weight is 402 g/mol. The van der Waals surface area contributed by atoms with Crippen molar-refractivity contribution in [3.8, 4) is 11.3 Å². The number of anilines is 2. The van der Waals surface area contributed by atoms with Gasteiger partial charge in [-0.3, -0.25) is 14.6 Å². The predicted octanol–water partition coefficient (Wildman–Crippen LogP) is 3.11. The molecule has 1 aromatic heterocycles. The smallest absolute Gasteiger partial charge is 0.278 e. The molecule has 0 atom stereocenters. The minimum absolute atomic E-state index is 0.0585. The number of carbonyl (C=O) groups excluding carboxylic acids is 1. The summed E-state index contributed by atoms with van der Waals surface area (Å²) in [5.41, 5.74) is 8.06. The molecule has 0 aliphatic rings. The average Bonchev–Trinajstić information content (AvgIpc) is 2.64. The van der Waals surface area contributed by atoms with Crippen molar-refractivity contribution in [1.82, 2.24) is 15.2 Å². The zero-order chi connectivity index (χ0) is 19.4. The van der Waals surface area contributed by atoms with E-state index >= 15 is 0 Å². The van der Waals surface area contributed by atoms with Crippen LogP contribution in [0.3, 0.4) is 0 Å². The number of nitrogens with zero attached hydrogens (tertiary/aromatic N) is 2. The molecule has 0 unspecified atom stereocenters. The number of para-hydroxylation sites is 1. The summed E-state index contributed by atoms with van der Waals surface area (Å²) in [7, 11) is 0. The van der Waals surface area contributed by atoms with Gasteiger partial charge >= 0.3 is 0 Å². The number of hydrogen-bond donors (Lipinski definition) is 3. The van der Waals surface area contributed by atoms with Crippen molar-refractivity contribution in [1.29, 1.82) is 0 Å². The normalized spacial score (nSPS) is 10.6. The molecule has 0 fully saturated rings. The molecule has 1 heterocycles. The second-order valence-corrected chi connectivity index (χ2v) is 7.07. The van der Waals surface area contributed by atoms with Crippen molar-refractivity contribution >= 4 is 40.6 Å². The van der Waals surface area contributed by atoms with E-state index in [4.69, 9.17) is 17.3 Å². The molecule has 7 nitrogen and oxygen atoms in total. The lowest BCUT2D eigenvalue weighted by Crippen LogP contribution is -2.17. The van der Waals surface area contributed by atoms with Crippen molar-refractivity contribution in [2.24, 2.45) is 0 Å². The third kappa shape index (κ3) is 4.66. The highest BCUT2D eigenvalue weighted by Crippen LogP contribution is 2.22. The van der Waals surface area contributed by atoms with Crippen molar-refractivity contribution < 1.29 is 4.79 Å². The highest BCUT2D eigenvalue weighted by Gasteiger charge is 2.12. The quantitative estimate of drug-likeness (QED) is 0.447. The highest BCUT2D eigenvalue weighted by molar-refractivity contribution is 7.99. The monoisotopic (exact) mass is 401 g/mol. The number of aryl methyl sites for hydroxylation is 1. The van der Waals surface area contributed by atoms with Crippen LogP contribution in [0.25, 0.3) is 11.3 Å². The number of thioether (sulfide) groups is 1. The fourth-order valence-corrected chi connectivity index (χ4v) is 3.06. The third-order valence-electron chi connectivity index (χ3n) is 3.69. The van der Waals surface area contributed by atoms with Crippen LogP contribution in [0.1, 0.15) is 5.56 Å². The molecule has 138 valence electrons. The number of hydrogen-bond acceptors (Lipinski definition) is 6. The first kappa shape index (κ1) is 18.9. The first-order chi connectivity index (χ1) is 12.9. The Kier molecular flexibility index (Phi) is 5.78. The van der Waals surface area contributed by atoms with Gasteiger partial charge in [-0.1, -0.05) is 47.6 Å². The van der Waals surface area contributed by atoms with E-state index in [1.165, 1.54) is 0 Å². The Morgan fingerprint density at radius 1 is 1.26 bits per heavy atom. The molecule has 1 amide bonds. The molecular formula is C18H16ClN5O2S. The molecule has 3 rings (SSSR count). The number of aromatic nitrogens is 3. The molecule has 0 saturated heterocycles. The van der Waals surface area contributed by atoms with Crippen molar-refractivity contribution in [2.75, 3.05) is 16.8 Å². The summed E-state index contributed by atoms with van der Waals surface area (Å²) in [6, 6.07) is 12.2. The summed E-state index contributed by atoms with van der Waals surface area (Å²) < 4.78 is 0. The SMILES string of the molecule is Cc1ccc(NC(=O)CSc2nnc(-c3ccccc3N)c(=O)[nH]2)cc1Cl. The molecule has 4 N–H and O–H groups in total. The zero-order valence-corrected chi connectivity index (χ0v) is 15.9. The van der Waals surface area contributed by atoms with E-state index in [9.17, 15) is 9.59 Å². The molecule has 0 aliphatic carbocycles. The Morgan fingerprint density at radius 3 is 2.74 bits per heavy atom. The fraction of sp³-hybridized carbons (Fsp3) is 0.111. The van der Waals surface area contributed by atoms with E-state index in [2.05, 4.69) is 20.5 Å². The second-order valence-electron chi connectivity index (χ2n) is 5.70. The number of rotatable bonds is 5. The van der Waals surface area contributed by atoms with Crippen LogP contribution >= 0.6 is 23.4 Å². The summed E-state index contributed by atoms with van der Waals surface area (Å²) >= 11 is 7.11.